The van der Waals surface area contributed by atoms with Crippen molar-refractivity contribution >= 4 is 17.1 Å². The Morgan fingerprint density at radius 2 is 1.11 bits per heavy atom. The normalized spacial score (nSPS) is 10.6. The van der Waals surface area contributed by atoms with Crippen LogP contribution in [0.1, 0.15) is 18.1 Å². The van der Waals surface area contributed by atoms with Crippen LogP contribution >= 0.6 is 0 Å². The number of para-hydroxylation sites is 2. The molecule has 0 aliphatic carbocycles. The fourth-order valence-corrected chi connectivity index (χ4v) is 3.83. The minimum atomic E-state index is 1.05. The lowest BCUT2D eigenvalue weighted by atomic mass is 9.94. The van der Waals surface area contributed by atoms with Gasteiger partial charge in [-0.2, -0.15) is 0 Å². The first-order valence-corrected chi connectivity index (χ1v) is 9.87. The summed E-state index contributed by atoms with van der Waals surface area (Å²) in [5.41, 5.74) is 8.87. The second kappa shape index (κ2) is 8.14. The number of hydrogen-bond acceptors (Lipinski definition) is 1. The summed E-state index contributed by atoms with van der Waals surface area (Å²) in [6.07, 6.45) is 1.05. The number of hydrogen-bond donors (Lipinski definition) is 0. The number of aryl methyl sites for hydroxylation is 1. The predicted octanol–water partition coefficient (Wildman–Crippen LogP) is 7.69. The molecule has 0 saturated carbocycles. The van der Waals surface area contributed by atoms with Gasteiger partial charge in [-0.1, -0.05) is 73.7 Å². The smallest absolute Gasteiger partial charge is 0.0462 e. The summed E-state index contributed by atoms with van der Waals surface area (Å²) in [4.78, 5) is 2.29. The van der Waals surface area contributed by atoms with E-state index in [2.05, 4.69) is 122 Å². The molecule has 138 valence electrons. The molecule has 0 bridgehead atoms. The third-order valence-electron chi connectivity index (χ3n) is 5.23. The minimum Gasteiger partial charge on any atom is -0.311 e. The standard InChI is InChI=1S/C27H25N/c1-3-26-21(2)11-10-16-27(26)22-17-19-25(20-18-22)28(23-12-6-4-7-13-23)24-14-8-5-9-15-24/h4-20H,3H2,1-2H3. The van der Waals surface area contributed by atoms with E-state index in [0.717, 1.165) is 23.5 Å². The lowest BCUT2D eigenvalue weighted by Gasteiger charge is -2.25. The fourth-order valence-electron chi connectivity index (χ4n) is 3.83. The predicted molar refractivity (Wildman–Crippen MR) is 121 cm³/mol. The molecule has 0 N–H and O–H groups in total. The van der Waals surface area contributed by atoms with Crippen molar-refractivity contribution in [1.82, 2.24) is 0 Å². The summed E-state index contributed by atoms with van der Waals surface area (Å²) < 4.78 is 0. The highest BCUT2D eigenvalue weighted by Gasteiger charge is 2.12. The van der Waals surface area contributed by atoms with Crippen LogP contribution in [0.2, 0.25) is 0 Å². The van der Waals surface area contributed by atoms with Crippen LogP contribution in [0.5, 0.6) is 0 Å². The van der Waals surface area contributed by atoms with Crippen molar-refractivity contribution in [2.75, 3.05) is 4.90 Å². The Kier molecular flexibility index (Phi) is 5.25. The van der Waals surface area contributed by atoms with Crippen molar-refractivity contribution in [2.45, 2.75) is 20.3 Å². The molecule has 0 aromatic heterocycles. The molecule has 0 amide bonds. The highest BCUT2D eigenvalue weighted by molar-refractivity contribution is 5.78. The monoisotopic (exact) mass is 363 g/mol. The van der Waals surface area contributed by atoms with Crippen LogP contribution in [0.3, 0.4) is 0 Å². The molecular formula is C27H25N. The first-order chi connectivity index (χ1) is 13.8. The number of nitrogens with zero attached hydrogens (tertiary/aromatic N) is 1. The maximum absolute atomic E-state index is 2.29. The number of rotatable bonds is 5. The quantitative estimate of drug-likeness (QED) is 0.351. The van der Waals surface area contributed by atoms with Gasteiger partial charge in [0.25, 0.3) is 0 Å². The van der Waals surface area contributed by atoms with Crippen molar-refractivity contribution < 1.29 is 0 Å². The third-order valence-corrected chi connectivity index (χ3v) is 5.23. The molecule has 0 atom stereocenters. The molecule has 28 heavy (non-hydrogen) atoms. The molecule has 0 aliphatic rings. The van der Waals surface area contributed by atoms with E-state index in [1.165, 1.54) is 22.3 Å². The van der Waals surface area contributed by atoms with Crippen molar-refractivity contribution in [2.24, 2.45) is 0 Å². The van der Waals surface area contributed by atoms with E-state index in [4.69, 9.17) is 0 Å². The van der Waals surface area contributed by atoms with Crippen LogP contribution in [0.25, 0.3) is 11.1 Å². The molecule has 0 spiro atoms. The molecule has 0 fully saturated rings. The van der Waals surface area contributed by atoms with Crippen molar-refractivity contribution in [3.05, 3.63) is 114 Å². The Bertz CT molecular complexity index is 995. The second-order valence-electron chi connectivity index (χ2n) is 7.01. The lowest BCUT2D eigenvalue weighted by molar-refractivity contribution is 1.11. The summed E-state index contributed by atoms with van der Waals surface area (Å²) in [5.74, 6) is 0. The Balaban J connectivity index is 1.77. The highest BCUT2D eigenvalue weighted by atomic mass is 15.1. The van der Waals surface area contributed by atoms with Crippen LogP contribution in [0.4, 0.5) is 17.1 Å². The summed E-state index contributed by atoms with van der Waals surface area (Å²) in [6.45, 7) is 4.43. The van der Waals surface area contributed by atoms with E-state index in [-0.39, 0.29) is 0 Å². The third kappa shape index (κ3) is 3.57. The van der Waals surface area contributed by atoms with E-state index < -0.39 is 0 Å². The molecule has 0 unspecified atom stereocenters. The average Bonchev–Trinajstić information content (AvgIpc) is 2.76. The van der Waals surface area contributed by atoms with Crippen LogP contribution in [-0.2, 0) is 6.42 Å². The van der Waals surface area contributed by atoms with E-state index in [9.17, 15) is 0 Å². The first-order valence-electron chi connectivity index (χ1n) is 9.87. The largest absolute Gasteiger partial charge is 0.311 e. The summed E-state index contributed by atoms with van der Waals surface area (Å²) >= 11 is 0. The van der Waals surface area contributed by atoms with Crippen molar-refractivity contribution in [3.63, 3.8) is 0 Å². The van der Waals surface area contributed by atoms with Gasteiger partial charge >= 0.3 is 0 Å². The lowest BCUT2D eigenvalue weighted by Crippen LogP contribution is -2.09. The summed E-state index contributed by atoms with van der Waals surface area (Å²) in [7, 11) is 0. The van der Waals surface area contributed by atoms with Gasteiger partial charge in [0.2, 0.25) is 0 Å². The van der Waals surface area contributed by atoms with Crippen molar-refractivity contribution in [1.29, 1.82) is 0 Å². The van der Waals surface area contributed by atoms with Gasteiger partial charge in [0.15, 0.2) is 0 Å². The molecule has 4 rings (SSSR count). The van der Waals surface area contributed by atoms with Crippen molar-refractivity contribution in [3.8, 4) is 11.1 Å². The van der Waals surface area contributed by atoms with E-state index in [1.54, 1.807) is 0 Å². The van der Waals surface area contributed by atoms with Gasteiger partial charge in [-0.05, 0) is 72.0 Å². The average molecular weight is 364 g/mol. The van der Waals surface area contributed by atoms with E-state index >= 15 is 0 Å². The zero-order valence-electron chi connectivity index (χ0n) is 16.5. The van der Waals surface area contributed by atoms with Gasteiger partial charge in [0, 0.05) is 17.1 Å². The Labute approximate surface area is 167 Å². The molecule has 1 nitrogen and oxygen atoms in total. The van der Waals surface area contributed by atoms with Gasteiger partial charge in [0.1, 0.15) is 0 Å². The van der Waals surface area contributed by atoms with Crippen LogP contribution in [0.15, 0.2) is 103 Å². The minimum absolute atomic E-state index is 1.05. The Hall–Kier alpha value is -3.32. The maximum atomic E-state index is 2.29. The molecule has 4 aromatic carbocycles. The van der Waals surface area contributed by atoms with Crippen LogP contribution in [0, 0.1) is 6.92 Å². The van der Waals surface area contributed by atoms with Crippen LogP contribution < -0.4 is 4.90 Å². The topological polar surface area (TPSA) is 3.24 Å². The Morgan fingerprint density at radius 1 is 0.571 bits per heavy atom. The van der Waals surface area contributed by atoms with Gasteiger partial charge in [-0.15, -0.1) is 0 Å². The van der Waals surface area contributed by atoms with Crippen LogP contribution in [-0.4, -0.2) is 0 Å². The molecule has 0 aliphatic heterocycles. The molecule has 0 radical (unpaired) electrons. The molecular weight excluding hydrogens is 338 g/mol. The molecule has 4 aromatic rings. The highest BCUT2D eigenvalue weighted by Crippen LogP contribution is 2.36. The van der Waals surface area contributed by atoms with Gasteiger partial charge < -0.3 is 4.90 Å². The van der Waals surface area contributed by atoms with Gasteiger partial charge in [-0.3, -0.25) is 0 Å². The summed E-state index contributed by atoms with van der Waals surface area (Å²) in [5, 5.41) is 0. The molecule has 0 heterocycles. The second-order valence-corrected chi connectivity index (χ2v) is 7.01. The SMILES string of the molecule is CCc1c(C)cccc1-c1ccc(N(c2ccccc2)c2ccccc2)cc1. The number of benzene rings is 4. The number of anilines is 3. The zero-order valence-corrected chi connectivity index (χ0v) is 16.5. The van der Waals surface area contributed by atoms with E-state index in [1.807, 2.05) is 0 Å². The summed E-state index contributed by atoms with van der Waals surface area (Å²) in [6, 6.07) is 36.5. The van der Waals surface area contributed by atoms with Gasteiger partial charge in [-0.25, -0.2) is 0 Å². The maximum Gasteiger partial charge on any atom is 0.0462 e. The zero-order chi connectivity index (χ0) is 19.3. The molecule has 0 saturated heterocycles. The first kappa shape index (κ1) is 18.1. The van der Waals surface area contributed by atoms with E-state index in [0.29, 0.717) is 0 Å². The Morgan fingerprint density at radius 3 is 1.64 bits per heavy atom. The molecule has 1 heteroatoms. The van der Waals surface area contributed by atoms with Gasteiger partial charge in [0.05, 0.1) is 0 Å². The fraction of sp³-hybridized carbons (Fsp3) is 0.111.